The predicted molar refractivity (Wildman–Crippen MR) is 72.3 cm³/mol. The molecule has 0 atom stereocenters. The Morgan fingerprint density at radius 1 is 1.30 bits per heavy atom. The molecule has 20 heavy (non-hydrogen) atoms. The third-order valence-corrected chi connectivity index (χ3v) is 3.63. The molecule has 0 saturated heterocycles. The lowest BCUT2D eigenvalue weighted by atomic mass is 10.2. The number of hydrogen-bond acceptors (Lipinski definition) is 3. The molecule has 3 nitrogen and oxygen atoms in total. The summed E-state index contributed by atoms with van der Waals surface area (Å²) in [7, 11) is 0. The molecule has 0 amide bonds. The Labute approximate surface area is 121 Å². The molecule has 0 aromatic carbocycles. The Hall–Kier alpha value is -1.04. The van der Waals surface area contributed by atoms with Crippen molar-refractivity contribution < 1.29 is 13.2 Å². The normalized spacial score (nSPS) is 15.8. The van der Waals surface area contributed by atoms with Gasteiger partial charge >= 0.3 is 6.18 Å². The molecule has 1 heterocycles. The molecule has 1 aromatic rings. The topological polar surface area (TPSA) is 29.0 Å². The van der Waals surface area contributed by atoms with Crippen LogP contribution in [0.5, 0.6) is 0 Å². The van der Waals surface area contributed by atoms with Crippen LogP contribution in [0.3, 0.4) is 0 Å². The van der Waals surface area contributed by atoms with Gasteiger partial charge in [0.1, 0.15) is 23.3 Å². The minimum atomic E-state index is -4.28. The van der Waals surface area contributed by atoms with Crippen LogP contribution in [0.2, 0.25) is 5.15 Å². The molecule has 1 aromatic heterocycles. The summed E-state index contributed by atoms with van der Waals surface area (Å²) >= 11 is 6.05. The molecule has 1 aliphatic rings. The lowest BCUT2D eigenvalue weighted by molar-refractivity contribution is -0.120. The Balaban J connectivity index is 2.41. The van der Waals surface area contributed by atoms with Crippen LogP contribution in [0.25, 0.3) is 0 Å². The second-order valence-electron chi connectivity index (χ2n) is 5.43. The summed E-state index contributed by atoms with van der Waals surface area (Å²) < 4.78 is 38.2. The summed E-state index contributed by atoms with van der Waals surface area (Å²) in [6.07, 6.45) is -2.34. The van der Waals surface area contributed by atoms with Crippen molar-refractivity contribution in [3.8, 4) is 0 Å². The number of halogens is 4. The van der Waals surface area contributed by atoms with E-state index in [1.54, 1.807) is 20.8 Å². The van der Waals surface area contributed by atoms with Crippen molar-refractivity contribution in [2.24, 2.45) is 0 Å². The van der Waals surface area contributed by atoms with E-state index < -0.39 is 12.7 Å². The highest BCUT2D eigenvalue weighted by Crippen LogP contribution is 2.40. The average molecular weight is 308 g/mol. The molecule has 0 spiro atoms. The van der Waals surface area contributed by atoms with Gasteiger partial charge in [-0.2, -0.15) is 13.2 Å². The van der Waals surface area contributed by atoms with Crippen molar-refractivity contribution in [3.63, 3.8) is 0 Å². The lowest BCUT2D eigenvalue weighted by Crippen LogP contribution is -2.40. The van der Waals surface area contributed by atoms with Crippen molar-refractivity contribution in [3.05, 3.63) is 16.5 Å². The van der Waals surface area contributed by atoms with Gasteiger partial charge in [-0.15, -0.1) is 0 Å². The summed E-state index contributed by atoms with van der Waals surface area (Å²) in [5.41, 5.74) is 0.494. The van der Waals surface area contributed by atoms with Gasteiger partial charge in [-0.05, 0) is 33.6 Å². The highest BCUT2D eigenvalue weighted by molar-refractivity contribution is 6.30. The first-order chi connectivity index (χ1) is 9.19. The standard InChI is InChI=1S/C13H17ClF3N3/c1-7(2)20(6-13(15,16)17)12-8(3)10(14)18-11(19-12)9-4-5-9/h7,9H,4-6H2,1-3H3. The summed E-state index contributed by atoms with van der Waals surface area (Å²) in [5, 5.41) is 0.240. The smallest absolute Gasteiger partial charge is 0.345 e. The lowest BCUT2D eigenvalue weighted by Gasteiger charge is -2.30. The van der Waals surface area contributed by atoms with E-state index in [9.17, 15) is 13.2 Å². The number of anilines is 1. The van der Waals surface area contributed by atoms with E-state index in [-0.39, 0.29) is 17.1 Å². The maximum Gasteiger partial charge on any atom is 0.405 e. The zero-order valence-electron chi connectivity index (χ0n) is 11.6. The van der Waals surface area contributed by atoms with E-state index >= 15 is 0 Å². The molecule has 7 heteroatoms. The predicted octanol–water partition coefficient (Wildman–Crippen LogP) is 4.09. The number of rotatable bonds is 4. The number of nitrogens with zero attached hydrogens (tertiary/aromatic N) is 3. The molecule has 0 bridgehead atoms. The van der Waals surface area contributed by atoms with E-state index in [2.05, 4.69) is 9.97 Å². The minimum Gasteiger partial charge on any atom is -0.345 e. The van der Waals surface area contributed by atoms with Crippen LogP contribution in [0.15, 0.2) is 0 Å². The first-order valence-electron chi connectivity index (χ1n) is 6.56. The SMILES string of the molecule is Cc1c(Cl)nc(C2CC2)nc1N(CC(F)(F)F)C(C)C. The Bertz CT molecular complexity index is 498. The van der Waals surface area contributed by atoms with Gasteiger partial charge in [-0.1, -0.05) is 11.6 Å². The third-order valence-electron chi connectivity index (χ3n) is 3.27. The maximum absolute atomic E-state index is 12.7. The summed E-state index contributed by atoms with van der Waals surface area (Å²) in [5.74, 6) is 1.09. The van der Waals surface area contributed by atoms with Gasteiger partial charge in [0.05, 0.1) is 0 Å². The van der Waals surface area contributed by atoms with Crippen LogP contribution in [-0.2, 0) is 0 Å². The van der Waals surface area contributed by atoms with Gasteiger partial charge < -0.3 is 4.90 Å². The van der Waals surface area contributed by atoms with E-state index in [0.717, 1.165) is 12.8 Å². The second kappa shape index (κ2) is 5.39. The van der Waals surface area contributed by atoms with Crippen LogP contribution in [-0.4, -0.2) is 28.7 Å². The van der Waals surface area contributed by atoms with E-state index in [0.29, 0.717) is 17.2 Å². The van der Waals surface area contributed by atoms with Crippen LogP contribution < -0.4 is 4.90 Å². The van der Waals surface area contributed by atoms with Gasteiger partial charge in [0.2, 0.25) is 0 Å². The van der Waals surface area contributed by atoms with Gasteiger partial charge in [-0.25, -0.2) is 9.97 Å². The van der Waals surface area contributed by atoms with E-state index in [1.807, 2.05) is 0 Å². The van der Waals surface area contributed by atoms with Crippen molar-refractivity contribution in [2.45, 2.75) is 51.7 Å². The molecule has 1 saturated carbocycles. The number of hydrogen-bond donors (Lipinski definition) is 0. The molecule has 0 radical (unpaired) electrons. The van der Waals surface area contributed by atoms with Crippen molar-refractivity contribution in [1.82, 2.24) is 9.97 Å². The average Bonchev–Trinajstić information content (AvgIpc) is 3.12. The van der Waals surface area contributed by atoms with Gasteiger partial charge in [0.25, 0.3) is 0 Å². The summed E-state index contributed by atoms with van der Waals surface area (Å²) in [6.45, 7) is 4.03. The zero-order valence-corrected chi connectivity index (χ0v) is 12.4. The van der Waals surface area contributed by atoms with Crippen LogP contribution in [0.4, 0.5) is 19.0 Å². The molecular formula is C13H17ClF3N3. The highest BCUT2D eigenvalue weighted by atomic mass is 35.5. The van der Waals surface area contributed by atoms with Crippen LogP contribution >= 0.6 is 11.6 Å². The summed E-state index contributed by atoms with van der Waals surface area (Å²) in [6, 6.07) is -0.326. The minimum absolute atomic E-state index is 0.240. The van der Waals surface area contributed by atoms with Crippen molar-refractivity contribution >= 4 is 17.4 Å². The zero-order chi connectivity index (χ0) is 15.1. The molecule has 0 aliphatic heterocycles. The molecule has 2 rings (SSSR count). The van der Waals surface area contributed by atoms with Gasteiger partial charge in [0.15, 0.2) is 0 Å². The number of aromatic nitrogens is 2. The Kier molecular flexibility index (Phi) is 4.14. The fourth-order valence-corrected chi connectivity index (χ4v) is 2.16. The van der Waals surface area contributed by atoms with Crippen molar-refractivity contribution in [1.29, 1.82) is 0 Å². The first-order valence-corrected chi connectivity index (χ1v) is 6.94. The van der Waals surface area contributed by atoms with Gasteiger partial charge in [-0.3, -0.25) is 0 Å². The van der Waals surface area contributed by atoms with E-state index in [4.69, 9.17) is 11.6 Å². The third kappa shape index (κ3) is 3.53. The van der Waals surface area contributed by atoms with Gasteiger partial charge in [0, 0.05) is 17.5 Å². The molecular weight excluding hydrogens is 291 g/mol. The Morgan fingerprint density at radius 3 is 2.35 bits per heavy atom. The number of alkyl halides is 3. The molecule has 112 valence electrons. The summed E-state index contributed by atoms with van der Waals surface area (Å²) in [4.78, 5) is 9.74. The molecule has 1 fully saturated rings. The van der Waals surface area contributed by atoms with Crippen LogP contribution in [0.1, 0.15) is 44.0 Å². The highest BCUT2D eigenvalue weighted by Gasteiger charge is 2.35. The largest absolute Gasteiger partial charge is 0.405 e. The quantitative estimate of drug-likeness (QED) is 0.784. The molecule has 0 unspecified atom stereocenters. The fourth-order valence-electron chi connectivity index (χ4n) is 1.99. The molecule has 0 N–H and O–H groups in total. The fraction of sp³-hybridized carbons (Fsp3) is 0.692. The van der Waals surface area contributed by atoms with Crippen LogP contribution in [0, 0.1) is 6.92 Å². The first kappa shape index (κ1) is 15.4. The van der Waals surface area contributed by atoms with E-state index in [1.165, 1.54) is 4.90 Å². The monoisotopic (exact) mass is 307 g/mol. The molecule has 1 aliphatic carbocycles. The van der Waals surface area contributed by atoms with Crippen molar-refractivity contribution in [2.75, 3.05) is 11.4 Å². The maximum atomic E-state index is 12.7. The Morgan fingerprint density at radius 2 is 1.90 bits per heavy atom. The second-order valence-corrected chi connectivity index (χ2v) is 5.79.